The maximum atomic E-state index is 13.6. The molecule has 0 atom stereocenters. The Morgan fingerprint density at radius 3 is 2.24 bits per heavy atom. The van der Waals surface area contributed by atoms with Crippen LogP contribution < -0.4 is 10.9 Å². The van der Waals surface area contributed by atoms with Gasteiger partial charge in [0.15, 0.2) is 0 Å². The number of nitrogens with one attached hydrogen (secondary N) is 1. The molecule has 4 bridgehead atoms. The Balaban J connectivity index is 1.37. The molecule has 4 aliphatic rings. The lowest BCUT2D eigenvalue weighted by Gasteiger charge is -2.56. The first-order chi connectivity index (χ1) is 16.4. The van der Waals surface area contributed by atoms with Crippen molar-refractivity contribution in [2.45, 2.75) is 50.6 Å². The Labute approximate surface area is 212 Å². The van der Waals surface area contributed by atoms with Gasteiger partial charge in [0.25, 0.3) is 11.5 Å². The molecule has 0 aliphatic heterocycles. The summed E-state index contributed by atoms with van der Waals surface area (Å²) in [6, 6.07) is 15.1. The molecule has 7 heteroatoms. The van der Waals surface area contributed by atoms with Gasteiger partial charge >= 0.3 is 0 Å². The standard InChI is InChI=1S/C27H27BrClN3O2/c28-21-5-7-22(8-6-21)32-26(34)23(16-31(32)15-20-3-1-2-4-24(20)29)25(33)30-27-12-17-9-18(13-27)11-19(10-17)14-27/h1-8,16-19H,9-15H2,(H,30,33). The van der Waals surface area contributed by atoms with Gasteiger partial charge < -0.3 is 5.32 Å². The second kappa shape index (κ2) is 8.42. The van der Waals surface area contributed by atoms with E-state index in [2.05, 4.69) is 21.2 Å². The Bertz CT molecular complexity index is 1270. The van der Waals surface area contributed by atoms with Crippen molar-refractivity contribution in [3.05, 3.63) is 85.7 Å². The van der Waals surface area contributed by atoms with Crippen LogP contribution in [0.1, 0.15) is 54.4 Å². The van der Waals surface area contributed by atoms with Crippen LogP contribution in [0.15, 0.2) is 64.0 Å². The van der Waals surface area contributed by atoms with Gasteiger partial charge in [0, 0.05) is 21.2 Å². The lowest BCUT2D eigenvalue weighted by molar-refractivity contribution is -0.0167. The van der Waals surface area contributed by atoms with E-state index in [1.807, 2.05) is 48.5 Å². The zero-order valence-corrected chi connectivity index (χ0v) is 21.2. The van der Waals surface area contributed by atoms with Gasteiger partial charge in [-0.25, -0.2) is 4.68 Å². The van der Waals surface area contributed by atoms with Crippen LogP contribution in [-0.4, -0.2) is 20.8 Å². The molecule has 2 aromatic carbocycles. The van der Waals surface area contributed by atoms with Gasteiger partial charge in [0.2, 0.25) is 0 Å². The number of amides is 1. The highest BCUT2D eigenvalue weighted by Crippen LogP contribution is 2.55. The van der Waals surface area contributed by atoms with Crippen molar-refractivity contribution in [3.8, 4) is 5.69 Å². The molecule has 7 rings (SSSR count). The highest BCUT2D eigenvalue weighted by atomic mass is 79.9. The maximum absolute atomic E-state index is 13.6. The van der Waals surface area contributed by atoms with E-state index in [0.29, 0.717) is 17.3 Å². The number of hydrogen-bond acceptors (Lipinski definition) is 2. The lowest BCUT2D eigenvalue weighted by Crippen LogP contribution is -2.60. The van der Waals surface area contributed by atoms with Gasteiger partial charge in [-0.2, -0.15) is 0 Å². The first-order valence-corrected chi connectivity index (χ1v) is 13.2. The second-order valence-corrected chi connectivity index (χ2v) is 11.8. The molecule has 5 nitrogen and oxygen atoms in total. The van der Waals surface area contributed by atoms with E-state index < -0.39 is 0 Å². The number of carbonyl (C=O) groups excluding carboxylic acids is 1. The van der Waals surface area contributed by atoms with E-state index in [9.17, 15) is 9.59 Å². The van der Waals surface area contributed by atoms with Gasteiger partial charge in [0.05, 0.1) is 12.2 Å². The maximum Gasteiger partial charge on any atom is 0.284 e. The van der Waals surface area contributed by atoms with Crippen molar-refractivity contribution in [2.75, 3.05) is 0 Å². The Kier molecular flexibility index (Phi) is 5.49. The molecule has 34 heavy (non-hydrogen) atoms. The summed E-state index contributed by atoms with van der Waals surface area (Å²) < 4.78 is 4.29. The predicted octanol–water partition coefficient (Wildman–Crippen LogP) is 5.80. The molecule has 1 amide bonds. The van der Waals surface area contributed by atoms with Gasteiger partial charge in [-0.05, 0) is 92.2 Å². The van der Waals surface area contributed by atoms with Crippen LogP contribution in [0.25, 0.3) is 5.69 Å². The number of carbonyl (C=O) groups is 1. The third-order valence-corrected chi connectivity index (χ3v) is 8.88. The SMILES string of the molecule is O=C(NC12CC3CC(CC(C3)C1)C2)c1cn(Cc2ccccc2Cl)n(-c2ccc(Br)cc2)c1=O. The molecule has 0 radical (unpaired) electrons. The quantitative estimate of drug-likeness (QED) is 0.445. The van der Waals surface area contributed by atoms with Crippen LogP contribution in [0.4, 0.5) is 0 Å². The summed E-state index contributed by atoms with van der Waals surface area (Å²) in [5.41, 5.74) is 1.32. The molecule has 3 aromatic rings. The van der Waals surface area contributed by atoms with Crippen molar-refractivity contribution in [2.24, 2.45) is 17.8 Å². The molecule has 1 N–H and O–H groups in total. The van der Waals surface area contributed by atoms with Crippen LogP contribution in [-0.2, 0) is 6.54 Å². The second-order valence-electron chi connectivity index (χ2n) is 10.5. The Hall–Kier alpha value is -2.31. The number of benzene rings is 2. The highest BCUT2D eigenvalue weighted by Gasteiger charge is 2.51. The van der Waals surface area contributed by atoms with E-state index in [4.69, 9.17) is 11.6 Å². The highest BCUT2D eigenvalue weighted by molar-refractivity contribution is 9.10. The number of nitrogens with zero attached hydrogens (tertiary/aromatic N) is 2. The van der Waals surface area contributed by atoms with Crippen molar-refractivity contribution in [1.82, 2.24) is 14.7 Å². The minimum atomic E-state index is -0.309. The van der Waals surface area contributed by atoms with E-state index in [0.717, 1.165) is 47.1 Å². The van der Waals surface area contributed by atoms with Crippen molar-refractivity contribution in [1.29, 1.82) is 0 Å². The number of aromatic nitrogens is 2. The molecular formula is C27H27BrClN3O2. The summed E-state index contributed by atoms with van der Waals surface area (Å²) >= 11 is 9.88. The normalized spacial score (nSPS) is 27.2. The minimum absolute atomic E-state index is 0.147. The Morgan fingerprint density at radius 2 is 1.62 bits per heavy atom. The Morgan fingerprint density at radius 1 is 1.00 bits per heavy atom. The first kappa shape index (κ1) is 22.2. The van der Waals surface area contributed by atoms with Crippen molar-refractivity contribution < 1.29 is 4.79 Å². The molecule has 4 fully saturated rings. The topological polar surface area (TPSA) is 56.0 Å². The fourth-order valence-electron chi connectivity index (χ4n) is 6.99. The number of hydrogen-bond donors (Lipinski definition) is 1. The summed E-state index contributed by atoms with van der Waals surface area (Å²) in [5.74, 6) is 1.90. The fourth-order valence-corrected chi connectivity index (χ4v) is 7.45. The van der Waals surface area contributed by atoms with E-state index in [-0.39, 0.29) is 22.6 Å². The fraction of sp³-hybridized carbons (Fsp3) is 0.407. The van der Waals surface area contributed by atoms with E-state index in [1.165, 1.54) is 19.3 Å². The lowest BCUT2D eigenvalue weighted by atomic mass is 9.53. The van der Waals surface area contributed by atoms with Crippen LogP contribution in [0.2, 0.25) is 5.02 Å². The predicted molar refractivity (Wildman–Crippen MR) is 137 cm³/mol. The molecule has 4 saturated carbocycles. The van der Waals surface area contributed by atoms with Gasteiger partial charge in [0.1, 0.15) is 5.56 Å². The molecule has 176 valence electrons. The van der Waals surface area contributed by atoms with Crippen LogP contribution in [0.5, 0.6) is 0 Å². The summed E-state index contributed by atoms with van der Waals surface area (Å²) in [6.45, 7) is 0.385. The summed E-state index contributed by atoms with van der Waals surface area (Å²) in [4.78, 5) is 27.2. The molecular weight excluding hydrogens is 514 g/mol. The van der Waals surface area contributed by atoms with Gasteiger partial charge in [-0.3, -0.25) is 14.3 Å². The average molecular weight is 541 g/mol. The molecule has 0 saturated heterocycles. The van der Waals surface area contributed by atoms with Crippen molar-refractivity contribution in [3.63, 3.8) is 0 Å². The first-order valence-electron chi connectivity index (χ1n) is 12.0. The third kappa shape index (κ3) is 3.95. The van der Waals surface area contributed by atoms with E-state index >= 15 is 0 Å². The third-order valence-electron chi connectivity index (χ3n) is 7.98. The summed E-state index contributed by atoms with van der Waals surface area (Å²) in [6.07, 6.45) is 8.74. The average Bonchev–Trinajstić information content (AvgIpc) is 3.11. The molecule has 0 spiro atoms. The van der Waals surface area contributed by atoms with Gasteiger partial charge in [-0.15, -0.1) is 0 Å². The molecule has 0 unspecified atom stereocenters. The van der Waals surface area contributed by atoms with Crippen LogP contribution in [0.3, 0.4) is 0 Å². The minimum Gasteiger partial charge on any atom is -0.346 e. The summed E-state index contributed by atoms with van der Waals surface area (Å²) in [7, 11) is 0. The smallest absolute Gasteiger partial charge is 0.284 e. The molecule has 1 aromatic heterocycles. The van der Waals surface area contributed by atoms with Crippen LogP contribution >= 0.6 is 27.5 Å². The summed E-state index contributed by atoms with van der Waals surface area (Å²) in [5, 5.41) is 3.99. The molecule has 4 aliphatic carbocycles. The zero-order chi connectivity index (χ0) is 23.4. The monoisotopic (exact) mass is 539 g/mol. The van der Waals surface area contributed by atoms with Gasteiger partial charge in [-0.1, -0.05) is 45.7 Å². The zero-order valence-electron chi connectivity index (χ0n) is 18.8. The van der Waals surface area contributed by atoms with E-state index in [1.54, 1.807) is 15.6 Å². The largest absolute Gasteiger partial charge is 0.346 e. The van der Waals surface area contributed by atoms with Crippen molar-refractivity contribution >= 4 is 33.4 Å². The molecule has 1 heterocycles. The van der Waals surface area contributed by atoms with Crippen LogP contribution in [0, 0.1) is 17.8 Å². The number of rotatable bonds is 5. The number of halogens is 2.